The van der Waals surface area contributed by atoms with Crippen molar-refractivity contribution in [1.82, 2.24) is 9.78 Å². The standard InChI is InChI=1S/C17H18N4O2/c1-4-21-12(2)14(11-19-21)9-13(10-18)17(22)20-15-7-5-6-8-16(15)23-3/h5-9,11H,4H2,1-3H3,(H,20,22)/b13-9+. The molecule has 1 aromatic heterocycles. The SMILES string of the molecule is CCn1ncc(/C=C(\C#N)C(=O)Nc2ccccc2OC)c1C. The number of anilines is 1. The molecule has 0 unspecified atom stereocenters. The monoisotopic (exact) mass is 310 g/mol. The summed E-state index contributed by atoms with van der Waals surface area (Å²) in [5.74, 6) is 0.0498. The van der Waals surface area contributed by atoms with E-state index in [0.717, 1.165) is 17.8 Å². The van der Waals surface area contributed by atoms with Crippen LogP contribution in [0, 0.1) is 18.3 Å². The first-order chi connectivity index (χ1) is 11.1. The molecule has 2 aromatic rings. The summed E-state index contributed by atoms with van der Waals surface area (Å²) in [6, 6.07) is 8.97. The maximum Gasteiger partial charge on any atom is 0.266 e. The third-order valence-corrected chi connectivity index (χ3v) is 3.46. The van der Waals surface area contributed by atoms with E-state index in [1.54, 1.807) is 41.2 Å². The Morgan fingerprint density at radius 3 is 2.83 bits per heavy atom. The molecule has 6 heteroatoms. The lowest BCUT2D eigenvalue weighted by molar-refractivity contribution is -0.112. The van der Waals surface area contributed by atoms with Crippen molar-refractivity contribution < 1.29 is 9.53 Å². The Kier molecular flexibility index (Phi) is 5.15. The third-order valence-electron chi connectivity index (χ3n) is 3.46. The first kappa shape index (κ1) is 16.3. The molecule has 0 spiro atoms. The molecule has 1 aromatic carbocycles. The van der Waals surface area contributed by atoms with E-state index in [2.05, 4.69) is 10.4 Å². The minimum atomic E-state index is -0.486. The number of amides is 1. The van der Waals surface area contributed by atoms with E-state index in [9.17, 15) is 10.1 Å². The molecular weight excluding hydrogens is 292 g/mol. The zero-order valence-electron chi connectivity index (χ0n) is 13.3. The molecule has 0 aliphatic carbocycles. The Labute approximate surface area is 135 Å². The summed E-state index contributed by atoms with van der Waals surface area (Å²) < 4.78 is 6.99. The number of methoxy groups -OCH3 is 1. The molecule has 0 fully saturated rings. The molecule has 1 amide bonds. The number of carbonyl (C=O) groups is 1. The predicted octanol–water partition coefficient (Wildman–Crippen LogP) is 2.77. The van der Waals surface area contributed by atoms with E-state index in [1.165, 1.54) is 7.11 Å². The topological polar surface area (TPSA) is 79.9 Å². The van der Waals surface area contributed by atoms with E-state index in [-0.39, 0.29) is 5.57 Å². The van der Waals surface area contributed by atoms with Crippen LogP contribution in [0.25, 0.3) is 6.08 Å². The van der Waals surface area contributed by atoms with Crippen molar-refractivity contribution in [3.63, 3.8) is 0 Å². The van der Waals surface area contributed by atoms with Gasteiger partial charge in [0.2, 0.25) is 0 Å². The van der Waals surface area contributed by atoms with Crippen molar-refractivity contribution in [2.45, 2.75) is 20.4 Å². The summed E-state index contributed by atoms with van der Waals surface area (Å²) in [5, 5.41) is 16.2. The second-order valence-electron chi connectivity index (χ2n) is 4.83. The quantitative estimate of drug-likeness (QED) is 0.680. The van der Waals surface area contributed by atoms with Crippen molar-refractivity contribution in [1.29, 1.82) is 5.26 Å². The fourth-order valence-electron chi connectivity index (χ4n) is 2.16. The lowest BCUT2D eigenvalue weighted by atomic mass is 10.1. The molecule has 0 saturated heterocycles. The number of hydrogen-bond acceptors (Lipinski definition) is 4. The van der Waals surface area contributed by atoms with Crippen molar-refractivity contribution in [2.24, 2.45) is 0 Å². The minimum absolute atomic E-state index is 0.00894. The van der Waals surface area contributed by atoms with E-state index < -0.39 is 5.91 Å². The van der Waals surface area contributed by atoms with Crippen molar-refractivity contribution in [3.8, 4) is 11.8 Å². The lowest BCUT2D eigenvalue weighted by Crippen LogP contribution is -2.14. The smallest absolute Gasteiger partial charge is 0.266 e. The van der Waals surface area contributed by atoms with Crippen LogP contribution in [0.4, 0.5) is 5.69 Å². The fraction of sp³-hybridized carbons (Fsp3) is 0.235. The molecule has 2 rings (SSSR count). The highest BCUT2D eigenvalue weighted by Crippen LogP contribution is 2.23. The maximum atomic E-state index is 12.3. The van der Waals surface area contributed by atoms with Crippen LogP contribution in [0.2, 0.25) is 0 Å². The van der Waals surface area contributed by atoms with Gasteiger partial charge < -0.3 is 10.1 Å². The molecule has 1 heterocycles. The van der Waals surface area contributed by atoms with Crippen LogP contribution in [0.5, 0.6) is 5.75 Å². The Morgan fingerprint density at radius 1 is 1.48 bits per heavy atom. The molecule has 0 bridgehead atoms. The van der Waals surface area contributed by atoms with Gasteiger partial charge in [-0.3, -0.25) is 9.48 Å². The molecule has 1 N–H and O–H groups in total. The van der Waals surface area contributed by atoms with Gasteiger partial charge in [0.25, 0.3) is 5.91 Å². The van der Waals surface area contributed by atoms with Gasteiger partial charge in [-0.15, -0.1) is 0 Å². The molecule has 6 nitrogen and oxygen atoms in total. The predicted molar refractivity (Wildman–Crippen MR) is 87.9 cm³/mol. The maximum absolute atomic E-state index is 12.3. The van der Waals surface area contributed by atoms with E-state index in [0.29, 0.717) is 11.4 Å². The van der Waals surface area contributed by atoms with Gasteiger partial charge in [-0.25, -0.2) is 0 Å². The normalized spacial score (nSPS) is 11.0. The number of ether oxygens (including phenoxy) is 1. The molecule has 0 radical (unpaired) electrons. The van der Waals surface area contributed by atoms with Crippen LogP contribution < -0.4 is 10.1 Å². The second-order valence-corrected chi connectivity index (χ2v) is 4.83. The number of rotatable bonds is 5. The van der Waals surface area contributed by atoms with E-state index in [4.69, 9.17) is 4.74 Å². The number of aromatic nitrogens is 2. The number of nitrogens with zero attached hydrogens (tertiary/aromatic N) is 3. The Hall–Kier alpha value is -3.07. The molecule has 0 saturated carbocycles. The molecule has 0 atom stereocenters. The van der Waals surface area contributed by atoms with Crippen LogP contribution in [0.3, 0.4) is 0 Å². The van der Waals surface area contributed by atoms with Gasteiger partial charge in [-0.1, -0.05) is 12.1 Å². The van der Waals surface area contributed by atoms with E-state index in [1.807, 2.05) is 19.9 Å². The average molecular weight is 310 g/mol. The summed E-state index contributed by atoms with van der Waals surface area (Å²) >= 11 is 0. The van der Waals surface area contributed by atoms with Gasteiger partial charge in [0.1, 0.15) is 17.4 Å². The highest BCUT2D eigenvalue weighted by molar-refractivity contribution is 6.10. The van der Waals surface area contributed by atoms with Gasteiger partial charge in [-0.05, 0) is 32.1 Å². The van der Waals surface area contributed by atoms with Crippen LogP contribution in [-0.4, -0.2) is 22.8 Å². The molecule has 118 valence electrons. The van der Waals surface area contributed by atoms with Gasteiger partial charge in [0.15, 0.2) is 0 Å². The fourth-order valence-corrected chi connectivity index (χ4v) is 2.16. The number of aryl methyl sites for hydroxylation is 1. The summed E-state index contributed by atoms with van der Waals surface area (Å²) in [7, 11) is 1.52. The number of nitrogens with one attached hydrogen (secondary N) is 1. The van der Waals surface area contributed by atoms with Crippen LogP contribution in [0.1, 0.15) is 18.2 Å². The summed E-state index contributed by atoms with van der Waals surface area (Å²) in [6.45, 7) is 4.61. The Bertz CT molecular complexity index is 784. The number of hydrogen-bond donors (Lipinski definition) is 1. The summed E-state index contributed by atoms with van der Waals surface area (Å²) in [6.07, 6.45) is 3.19. The van der Waals surface area contributed by atoms with Crippen molar-refractivity contribution in [3.05, 3.63) is 47.3 Å². The number of benzene rings is 1. The number of carbonyl (C=O) groups excluding carboxylic acids is 1. The highest BCUT2D eigenvalue weighted by Gasteiger charge is 2.13. The third kappa shape index (κ3) is 3.58. The average Bonchev–Trinajstić information content (AvgIpc) is 2.92. The van der Waals surface area contributed by atoms with Gasteiger partial charge in [-0.2, -0.15) is 10.4 Å². The van der Waals surface area contributed by atoms with Crippen molar-refractivity contribution in [2.75, 3.05) is 12.4 Å². The van der Waals surface area contributed by atoms with E-state index >= 15 is 0 Å². The van der Waals surface area contributed by atoms with Crippen LogP contribution in [0.15, 0.2) is 36.0 Å². The van der Waals surface area contributed by atoms with Crippen LogP contribution in [-0.2, 0) is 11.3 Å². The number of nitriles is 1. The largest absolute Gasteiger partial charge is 0.495 e. The first-order valence-corrected chi connectivity index (χ1v) is 7.19. The molecule has 0 aliphatic rings. The zero-order valence-corrected chi connectivity index (χ0v) is 13.3. The highest BCUT2D eigenvalue weighted by atomic mass is 16.5. The molecule has 23 heavy (non-hydrogen) atoms. The lowest BCUT2D eigenvalue weighted by Gasteiger charge is -2.09. The second kappa shape index (κ2) is 7.27. The van der Waals surface area contributed by atoms with Gasteiger partial charge in [0.05, 0.1) is 19.0 Å². The van der Waals surface area contributed by atoms with Crippen LogP contribution >= 0.6 is 0 Å². The molecular formula is C17H18N4O2. The minimum Gasteiger partial charge on any atom is -0.495 e. The molecule has 0 aliphatic heterocycles. The Morgan fingerprint density at radius 2 is 2.22 bits per heavy atom. The zero-order chi connectivity index (χ0) is 16.8. The van der Waals surface area contributed by atoms with Crippen molar-refractivity contribution >= 4 is 17.7 Å². The number of para-hydroxylation sites is 2. The summed E-state index contributed by atoms with van der Waals surface area (Å²) in [5.41, 5.74) is 2.18. The first-order valence-electron chi connectivity index (χ1n) is 7.19. The summed E-state index contributed by atoms with van der Waals surface area (Å²) in [4.78, 5) is 12.3. The Balaban J connectivity index is 2.27. The van der Waals surface area contributed by atoms with Gasteiger partial charge in [0, 0.05) is 17.8 Å². The van der Waals surface area contributed by atoms with Gasteiger partial charge >= 0.3 is 0 Å².